The third-order valence-electron chi connectivity index (χ3n) is 4.04. The van der Waals surface area contributed by atoms with Crippen LogP contribution >= 0.6 is 0 Å². The lowest BCUT2D eigenvalue weighted by Gasteiger charge is -2.35. The van der Waals surface area contributed by atoms with Gasteiger partial charge in [-0.3, -0.25) is 4.98 Å². The summed E-state index contributed by atoms with van der Waals surface area (Å²) in [7, 11) is 0. The Balaban J connectivity index is 2.04. The first kappa shape index (κ1) is 11.7. The number of nitrogens with zero attached hydrogens (tertiary/aromatic N) is 1. The first-order chi connectivity index (χ1) is 8.90. The van der Waals surface area contributed by atoms with Gasteiger partial charge in [-0.1, -0.05) is 37.6 Å². The highest BCUT2D eigenvalue weighted by Crippen LogP contribution is 2.39. The molecule has 3 rings (SSSR count). The van der Waals surface area contributed by atoms with E-state index in [1.165, 1.54) is 30.2 Å². The lowest BCUT2D eigenvalue weighted by Crippen LogP contribution is -2.32. The summed E-state index contributed by atoms with van der Waals surface area (Å²) in [5.74, 6) is 0.789. The van der Waals surface area contributed by atoms with E-state index in [1.54, 1.807) is 0 Å². The van der Waals surface area contributed by atoms with E-state index in [0.29, 0.717) is 6.04 Å². The minimum Gasteiger partial charge on any atom is -0.310 e. The number of benzene rings is 1. The van der Waals surface area contributed by atoms with Gasteiger partial charge in [0.05, 0.1) is 5.52 Å². The smallest absolute Gasteiger partial charge is 0.0749 e. The van der Waals surface area contributed by atoms with Crippen molar-refractivity contribution in [1.82, 2.24) is 10.3 Å². The molecule has 1 aliphatic carbocycles. The summed E-state index contributed by atoms with van der Waals surface area (Å²) in [6.45, 7) is 3.20. The summed E-state index contributed by atoms with van der Waals surface area (Å²) >= 11 is 0. The van der Waals surface area contributed by atoms with Crippen LogP contribution in [0.15, 0.2) is 36.5 Å². The number of para-hydroxylation sites is 1. The number of fused-ring (bicyclic) bond motifs is 1. The zero-order valence-electron chi connectivity index (χ0n) is 10.9. The predicted octanol–water partition coefficient (Wildman–Crippen LogP) is 3.69. The molecule has 2 heteroatoms. The Morgan fingerprint density at radius 3 is 2.83 bits per heavy atom. The average Bonchev–Trinajstić information content (AvgIpc) is 2.35. The maximum absolute atomic E-state index is 4.59. The van der Waals surface area contributed by atoms with Crippen molar-refractivity contribution in [2.75, 3.05) is 6.54 Å². The molecule has 1 atom stereocenters. The van der Waals surface area contributed by atoms with Crippen LogP contribution in [-0.2, 0) is 0 Å². The molecule has 1 heterocycles. The highest BCUT2D eigenvalue weighted by atomic mass is 14.9. The second kappa shape index (κ2) is 5.07. The van der Waals surface area contributed by atoms with Crippen LogP contribution in [0, 0.1) is 5.92 Å². The van der Waals surface area contributed by atoms with Crippen LogP contribution in [0.2, 0.25) is 0 Å². The van der Waals surface area contributed by atoms with Crippen molar-refractivity contribution in [3.8, 4) is 0 Å². The molecule has 0 bridgehead atoms. The Morgan fingerprint density at radius 2 is 2.11 bits per heavy atom. The Bertz CT molecular complexity index is 526. The van der Waals surface area contributed by atoms with Crippen LogP contribution in [0.1, 0.15) is 37.8 Å². The molecule has 0 aliphatic heterocycles. The average molecular weight is 240 g/mol. The molecule has 1 unspecified atom stereocenters. The predicted molar refractivity (Wildman–Crippen MR) is 75.5 cm³/mol. The van der Waals surface area contributed by atoms with Crippen molar-refractivity contribution in [1.29, 1.82) is 0 Å². The zero-order chi connectivity index (χ0) is 12.4. The van der Waals surface area contributed by atoms with Gasteiger partial charge in [0.1, 0.15) is 0 Å². The molecule has 0 amide bonds. The number of aromatic nitrogens is 1. The van der Waals surface area contributed by atoms with Crippen molar-refractivity contribution >= 4 is 10.9 Å². The van der Waals surface area contributed by atoms with Crippen LogP contribution in [-0.4, -0.2) is 11.5 Å². The molecular weight excluding hydrogens is 220 g/mol. The fourth-order valence-corrected chi connectivity index (χ4v) is 2.90. The van der Waals surface area contributed by atoms with Crippen molar-refractivity contribution in [2.45, 2.75) is 32.2 Å². The van der Waals surface area contributed by atoms with Crippen LogP contribution in [0.5, 0.6) is 0 Å². The van der Waals surface area contributed by atoms with E-state index in [0.717, 1.165) is 18.0 Å². The number of rotatable bonds is 4. The minimum atomic E-state index is 0.474. The SMILES string of the molecule is CCNC(c1cccc2cccnc12)C1CCC1. The van der Waals surface area contributed by atoms with E-state index in [-0.39, 0.29) is 0 Å². The molecule has 1 N–H and O–H groups in total. The third kappa shape index (κ3) is 2.01. The standard InChI is InChI=1S/C16H20N2/c1-2-17-15(12-6-3-7-12)14-10-4-8-13-9-5-11-18-16(13)14/h4-5,8-12,15,17H,2-3,6-7H2,1H3. The summed E-state index contributed by atoms with van der Waals surface area (Å²) in [6, 6.07) is 11.2. The van der Waals surface area contributed by atoms with Gasteiger partial charge in [-0.15, -0.1) is 0 Å². The number of hydrogen-bond acceptors (Lipinski definition) is 2. The van der Waals surface area contributed by atoms with Gasteiger partial charge in [0.25, 0.3) is 0 Å². The highest BCUT2D eigenvalue weighted by molar-refractivity contribution is 5.82. The molecular formula is C16H20N2. The maximum atomic E-state index is 4.59. The summed E-state index contributed by atoms with van der Waals surface area (Å²) in [5.41, 5.74) is 2.54. The van der Waals surface area contributed by atoms with Crippen molar-refractivity contribution in [2.24, 2.45) is 5.92 Å². The molecule has 1 saturated carbocycles. The minimum absolute atomic E-state index is 0.474. The van der Waals surface area contributed by atoms with Gasteiger partial charge in [-0.25, -0.2) is 0 Å². The van der Waals surface area contributed by atoms with Crippen molar-refractivity contribution < 1.29 is 0 Å². The third-order valence-corrected chi connectivity index (χ3v) is 4.04. The van der Waals surface area contributed by atoms with E-state index in [1.807, 2.05) is 12.3 Å². The molecule has 1 aromatic heterocycles. The maximum Gasteiger partial charge on any atom is 0.0749 e. The van der Waals surface area contributed by atoms with Gasteiger partial charge in [0, 0.05) is 17.6 Å². The summed E-state index contributed by atoms with van der Waals surface area (Å²) in [4.78, 5) is 4.59. The molecule has 0 spiro atoms. The van der Waals surface area contributed by atoms with E-state index in [2.05, 4.69) is 41.5 Å². The summed E-state index contributed by atoms with van der Waals surface area (Å²) in [5, 5.41) is 4.90. The largest absolute Gasteiger partial charge is 0.310 e. The van der Waals surface area contributed by atoms with E-state index in [9.17, 15) is 0 Å². The van der Waals surface area contributed by atoms with Crippen LogP contribution in [0.25, 0.3) is 10.9 Å². The summed E-state index contributed by atoms with van der Waals surface area (Å²) < 4.78 is 0. The first-order valence-electron chi connectivity index (χ1n) is 6.97. The Labute approximate surface area is 108 Å². The van der Waals surface area contributed by atoms with Gasteiger partial charge in [0.15, 0.2) is 0 Å². The number of pyridine rings is 1. The molecule has 0 saturated heterocycles. The quantitative estimate of drug-likeness (QED) is 0.881. The fourth-order valence-electron chi connectivity index (χ4n) is 2.90. The second-order valence-corrected chi connectivity index (χ2v) is 5.15. The van der Waals surface area contributed by atoms with Gasteiger partial charge in [-0.2, -0.15) is 0 Å². The topological polar surface area (TPSA) is 24.9 Å². The lowest BCUT2D eigenvalue weighted by atomic mass is 9.76. The van der Waals surface area contributed by atoms with Crippen molar-refractivity contribution in [3.63, 3.8) is 0 Å². The monoisotopic (exact) mass is 240 g/mol. The van der Waals surface area contributed by atoms with Gasteiger partial charge in [0.2, 0.25) is 0 Å². The number of nitrogens with one attached hydrogen (secondary N) is 1. The molecule has 94 valence electrons. The number of hydrogen-bond donors (Lipinski definition) is 1. The summed E-state index contributed by atoms with van der Waals surface area (Å²) in [6.07, 6.45) is 5.97. The van der Waals surface area contributed by atoms with E-state index >= 15 is 0 Å². The fraction of sp³-hybridized carbons (Fsp3) is 0.438. The molecule has 1 aliphatic rings. The van der Waals surface area contributed by atoms with Crippen LogP contribution in [0.4, 0.5) is 0 Å². The van der Waals surface area contributed by atoms with Crippen LogP contribution in [0.3, 0.4) is 0 Å². The molecule has 2 nitrogen and oxygen atoms in total. The molecule has 2 aromatic rings. The zero-order valence-corrected chi connectivity index (χ0v) is 10.9. The van der Waals surface area contributed by atoms with Gasteiger partial charge < -0.3 is 5.32 Å². The van der Waals surface area contributed by atoms with Gasteiger partial charge in [-0.05, 0) is 36.9 Å². The Hall–Kier alpha value is -1.41. The lowest BCUT2D eigenvalue weighted by molar-refractivity contribution is 0.234. The van der Waals surface area contributed by atoms with Gasteiger partial charge >= 0.3 is 0 Å². The first-order valence-corrected chi connectivity index (χ1v) is 6.97. The van der Waals surface area contributed by atoms with E-state index in [4.69, 9.17) is 0 Å². The highest BCUT2D eigenvalue weighted by Gasteiger charge is 2.28. The molecule has 0 radical (unpaired) electrons. The molecule has 1 fully saturated rings. The van der Waals surface area contributed by atoms with Crippen LogP contribution < -0.4 is 5.32 Å². The normalized spacial score (nSPS) is 17.6. The van der Waals surface area contributed by atoms with Crippen molar-refractivity contribution in [3.05, 3.63) is 42.1 Å². The van der Waals surface area contributed by atoms with E-state index < -0.39 is 0 Å². The second-order valence-electron chi connectivity index (χ2n) is 5.15. The Morgan fingerprint density at radius 1 is 1.28 bits per heavy atom. The molecule has 1 aromatic carbocycles. The Kier molecular flexibility index (Phi) is 3.28. The molecule has 18 heavy (non-hydrogen) atoms.